The predicted octanol–water partition coefficient (Wildman–Crippen LogP) is -6.57. The van der Waals surface area contributed by atoms with Crippen LogP contribution in [-0.4, -0.2) is 224 Å². The van der Waals surface area contributed by atoms with Crippen LogP contribution in [0.2, 0.25) is 0 Å². The maximum atomic E-state index is 15.1. The first kappa shape index (κ1) is 82.2. The maximum absolute atomic E-state index is 15.1. The zero-order valence-electron chi connectivity index (χ0n) is 56.1. The van der Waals surface area contributed by atoms with E-state index in [4.69, 9.17) is 28.7 Å². The van der Waals surface area contributed by atoms with Crippen LogP contribution in [0.3, 0.4) is 0 Å². The third-order valence-corrected chi connectivity index (χ3v) is 16.4. The quantitative estimate of drug-likeness (QED) is 0.0162. The first-order valence-corrected chi connectivity index (χ1v) is 33.6. The van der Waals surface area contributed by atoms with Crippen molar-refractivity contribution in [3.05, 3.63) is 66.2 Å². The summed E-state index contributed by atoms with van der Waals surface area (Å²) < 4.78 is 0. The van der Waals surface area contributed by atoms with Crippen LogP contribution in [0.25, 0.3) is 10.8 Å². The van der Waals surface area contributed by atoms with Gasteiger partial charge in [0.1, 0.15) is 60.4 Å². The van der Waals surface area contributed by atoms with Crippen molar-refractivity contribution in [2.75, 3.05) is 37.8 Å². The van der Waals surface area contributed by atoms with E-state index in [2.05, 4.69) is 83.8 Å². The van der Waals surface area contributed by atoms with Crippen molar-refractivity contribution in [1.82, 2.24) is 73.8 Å². The van der Waals surface area contributed by atoms with Crippen molar-refractivity contribution in [2.45, 2.75) is 177 Å². The van der Waals surface area contributed by atoms with E-state index >= 15 is 4.79 Å². The molecular weight excluding hydrogens is 1330 g/mol. The second-order valence-corrected chi connectivity index (χ2v) is 24.8. The molecule has 0 bridgehead atoms. The number of fused-ring (bicyclic) bond motifs is 1. The molecule has 3 aromatic rings. The number of aliphatic imine (C=N–C) groups is 2. The number of nitrogens with one attached hydrogen (secondary N) is 13. The lowest BCUT2D eigenvalue weighted by molar-refractivity contribution is -0.142. The summed E-state index contributed by atoms with van der Waals surface area (Å²) in [5, 5.41) is 64.1. The molecule has 4 rings (SSSR count). The van der Waals surface area contributed by atoms with Crippen molar-refractivity contribution >= 4 is 111 Å². The number of hydrogen-bond acceptors (Lipinski definition) is 20. The average molecular weight is 1420 g/mol. The SMILES string of the molecule is CC(=O)NCSC[C@@H]1NC(=O)[C@H]([C@@H](C)O)NC(=O)[C@@H](NC(C)=O)CC(=O)NCCCC[C@@H](C(=O)N[C@@H](Cc2cnc[nH]2)C(=O)O)NC(=O)[C@H](CCCN=C(N)N)NC(=O)[C@H](Cc2cccc3ccccc23)NC(=O)[C@H]([C@@H](C)O)NC(=O)[C@H](CCCN)NC(=O)[C@H](CCCN=C(N)N)NC1=O. The van der Waals surface area contributed by atoms with E-state index < -0.39 is 156 Å². The number of guanidine groups is 2. The number of nitrogens with two attached hydrogens (primary N) is 5. The minimum absolute atomic E-state index is 0.00944. The number of carbonyl (C=O) groups is 13. The van der Waals surface area contributed by atoms with Gasteiger partial charge in [0, 0.05) is 64.0 Å². The van der Waals surface area contributed by atoms with Gasteiger partial charge < -0.3 is 113 Å². The molecule has 37 nitrogen and oxygen atoms in total. The molecule has 2 heterocycles. The van der Waals surface area contributed by atoms with E-state index in [1.807, 2.05) is 0 Å². The number of aliphatic carboxylic acids is 1. The van der Waals surface area contributed by atoms with Crippen molar-refractivity contribution in [3.63, 3.8) is 0 Å². The van der Waals surface area contributed by atoms with E-state index in [9.17, 15) is 72.9 Å². The number of amides is 12. The Morgan fingerprint density at radius 1 is 0.650 bits per heavy atom. The van der Waals surface area contributed by atoms with Crippen LogP contribution in [0, 0.1) is 0 Å². The molecule has 12 atom stereocenters. The summed E-state index contributed by atoms with van der Waals surface area (Å²) in [6, 6.07) is -4.32. The number of carboxylic acids is 1. The molecule has 0 unspecified atom stereocenters. The molecular formula is C62H95N21O16S. The van der Waals surface area contributed by atoms with E-state index in [0.29, 0.717) is 16.6 Å². The Hall–Kier alpha value is -10.2. The summed E-state index contributed by atoms with van der Waals surface area (Å²) in [6.07, 6.45) is -2.86. The first-order valence-electron chi connectivity index (χ1n) is 32.4. The molecule has 0 radical (unpaired) electrons. The summed E-state index contributed by atoms with van der Waals surface area (Å²) in [5.74, 6) is -14.1. The van der Waals surface area contributed by atoms with Gasteiger partial charge in [0.05, 0.1) is 30.8 Å². The number of thioether (sulfide) groups is 1. The fraction of sp³-hybridized carbons (Fsp3) is 0.548. The molecule has 1 fully saturated rings. The Morgan fingerprint density at radius 2 is 1.18 bits per heavy atom. The lowest BCUT2D eigenvalue weighted by Gasteiger charge is -2.29. The molecule has 0 aliphatic carbocycles. The van der Waals surface area contributed by atoms with Crippen LogP contribution in [0.1, 0.15) is 103 Å². The lowest BCUT2D eigenvalue weighted by Crippen LogP contribution is -2.62. The summed E-state index contributed by atoms with van der Waals surface area (Å²) in [7, 11) is 0. The molecule has 26 N–H and O–H groups in total. The van der Waals surface area contributed by atoms with Gasteiger partial charge in [-0.1, -0.05) is 42.5 Å². The molecule has 0 spiro atoms. The van der Waals surface area contributed by atoms with Crippen molar-refractivity contribution in [1.29, 1.82) is 0 Å². The molecule has 550 valence electrons. The van der Waals surface area contributed by atoms with Crippen molar-refractivity contribution in [2.24, 2.45) is 38.7 Å². The Labute approximate surface area is 580 Å². The minimum Gasteiger partial charge on any atom is -0.480 e. The summed E-state index contributed by atoms with van der Waals surface area (Å²) in [6.45, 7) is 4.21. The lowest BCUT2D eigenvalue weighted by atomic mass is 9.97. The molecule has 1 saturated heterocycles. The van der Waals surface area contributed by atoms with Crippen LogP contribution in [-0.2, 0) is 75.2 Å². The predicted molar refractivity (Wildman–Crippen MR) is 367 cm³/mol. The number of nitrogens with zero attached hydrogens (tertiary/aromatic N) is 3. The normalized spacial score (nSPS) is 22.6. The first-order chi connectivity index (χ1) is 47.5. The number of aromatic amines is 1. The number of aliphatic hydroxyl groups is 2. The number of aromatic nitrogens is 2. The number of carboxylic acid groups (broad SMARTS) is 1. The van der Waals surface area contributed by atoms with Crippen LogP contribution in [0.15, 0.2) is 65.0 Å². The van der Waals surface area contributed by atoms with Crippen LogP contribution < -0.4 is 92.5 Å². The molecule has 1 aromatic heterocycles. The van der Waals surface area contributed by atoms with E-state index in [1.165, 1.54) is 19.4 Å². The van der Waals surface area contributed by atoms with Gasteiger partial charge in [-0.3, -0.25) is 67.5 Å². The number of rotatable bonds is 25. The van der Waals surface area contributed by atoms with Gasteiger partial charge in [0.2, 0.25) is 70.9 Å². The van der Waals surface area contributed by atoms with Gasteiger partial charge in [-0.2, -0.15) is 0 Å². The van der Waals surface area contributed by atoms with E-state index in [0.717, 1.165) is 37.9 Å². The molecule has 100 heavy (non-hydrogen) atoms. The highest BCUT2D eigenvalue weighted by Crippen LogP contribution is 2.21. The highest BCUT2D eigenvalue weighted by Gasteiger charge is 2.38. The zero-order valence-corrected chi connectivity index (χ0v) is 57.0. The van der Waals surface area contributed by atoms with Gasteiger partial charge in [-0.05, 0) is 94.5 Å². The molecule has 38 heteroatoms. The van der Waals surface area contributed by atoms with E-state index in [1.54, 1.807) is 42.5 Å². The number of imidazole rings is 1. The minimum atomic E-state index is -1.89. The Balaban J connectivity index is 1.90. The van der Waals surface area contributed by atoms with Gasteiger partial charge in [0.15, 0.2) is 11.9 Å². The molecule has 1 aliphatic heterocycles. The third kappa shape index (κ3) is 29.1. The number of aliphatic hydroxyl groups excluding tert-OH is 2. The molecule has 0 saturated carbocycles. The number of H-pyrrole nitrogens is 1. The highest BCUT2D eigenvalue weighted by atomic mass is 32.2. The zero-order chi connectivity index (χ0) is 74.0. The highest BCUT2D eigenvalue weighted by molar-refractivity contribution is 7.99. The van der Waals surface area contributed by atoms with Crippen molar-refractivity contribution < 1.29 is 77.6 Å². The largest absolute Gasteiger partial charge is 0.480 e. The topological polar surface area (TPSA) is 610 Å². The maximum Gasteiger partial charge on any atom is 0.326 e. The standard InChI is InChI=1S/C62H95N21O16S/c1-32(84)49-58(96)79-44(25-37-15-9-14-36-13-5-6-16-39(36)37)55(93)77-42(19-11-23-70-61(64)65)51(89)75-40(53(91)80-46(60(98)99)26-38-28-68-30-72-38)17-7-8-22-69-48(88)27-45(74-35(4)87)56(94)83-50(33(2)85)59(97)81-47(29-100-31-73-34(3)86)57(95)78-43(20-12-24-71-62(66)67)52(90)76-41(18-10-21-63)54(92)82-49/h5-6,9,13-16,28,30,32-33,40-47,49-50,84-85H,7-8,10-12,17-27,29,31,63H2,1-4H3,(H,68,72)(H,69,88)(H,73,86)(H,74,87)(H,75,89)(H,76,90)(H,77,93)(H,78,95)(H,79,96)(H,80,91)(H,81,97)(H,82,92)(H,83,94)(H,98,99)(H4,64,65,70)(H4,66,67,71)/t32-,33-,40+,41+,42+,43+,44+,45+,46+,47+,49+,50+/m1/s1. The van der Waals surface area contributed by atoms with Gasteiger partial charge >= 0.3 is 5.97 Å². The van der Waals surface area contributed by atoms with E-state index in [-0.39, 0.29) is 120 Å². The number of hydrogen-bond donors (Lipinski definition) is 21. The average Bonchev–Trinajstić information content (AvgIpc) is 1.05. The molecule has 2 aromatic carbocycles. The molecule has 1 aliphatic rings. The number of carbonyl (C=O) groups excluding carboxylic acids is 12. The second kappa shape index (κ2) is 42.6. The summed E-state index contributed by atoms with van der Waals surface area (Å²) >= 11 is 0.934. The van der Waals surface area contributed by atoms with Crippen LogP contribution >= 0.6 is 11.8 Å². The summed E-state index contributed by atoms with van der Waals surface area (Å²) in [4.78, 5) is 196. The number of benzene rings is 2. The van der Waals surface area contributed by atoms with Gasteiger partial charge in [-0.25, -0.2) is 9.78 Å². The van der Waals surface area contributed by atoms with Crippen LogP contribution in [0.4, 0.5) is 0 Å². The smallest absolute Gasteiger partial charge is 0.326 e. The Morgan fingerprint density at radius 3 is 1.73 bits per heavy atom. The Kier molecular flexibility index (Phi) is 35.0. The van der Waals surface area contributed by atoms with Gasteiger partial charge in [0.25, 0.3) is 0 Å². The van der Waals surface area contributed by atoms with Crippen LogP contribution in [0.5, 0.6) is 0 Å². The second-order valence-electron chi connectivity index (χ2n) is 23.7. The monoisotopic (exact) mass is 1420 g/mol. The Bertz CT molecular complexity index is 3340. The summed E-state index contributed by atoms with van der Waals surface area (Å²) in [5.41, 5.74) is 29.1. The third-order valence-electron chi connectivity index (χ3n) is 15.4. The molecule has 12 amide bonds. The fourth-order valence-corrected chi connectivity index (χ4v) is 11.1. The van der Waals surface area contributed by atoms with Crippen molar-refractivity contribution in [3.8, 4) is 0 Å². The van der Waals surface area contributed by atoms with Gasteiger partial charge in [-0.15, -0.1) is 11.8 Å². The fourth-order valence-electron chi connectivity index (χ4n) is 10.2.